The molecule has 1 atom stereocenters. The number of fused-ring (bicyclic) bond motifs is 1. The number of aryl methyl sites for hydroxylation is 1. The fourth-order valence-electron chi connectivity index (χ4n) is 5.03. The largest absolute Gasteiger partial charge is 0.369 e. The molecule has 3 heterocycles. The average Bonchev–Trinajstić information content (AvgIpc) is 3.28. The number of hydrogen-bond donors (Lipinski definition) is 2. The minimum Gasteiger partial charge on any atom is -0.369 e. The number of rotatable bonds is 3. The lowest BCUT2D eigenvalue weighted by molar-refractivity contribution is 0.293. The molecule has 1 aromatic carbocycles. The van der Waals surface area contributed by atoms with E-state index in [1.807, 2.05) is 31.2 Å². The Kier molecular flexibility index (Phi) is 5.22. The maximum Gasteiger partial charge on any atom is 0.243 e. The summed E-state index contributed by atoms with van der Waals surface area (Å²) in [6, 6.07) is 11.4. The van der Waals surface area contributed by atoms with Gasteiger partial charge in [0.15, 0.2) is 5.82 Å². The van der Waals surface area contributed by atoms with E-state index in [4.69, 9.17) is 4.99 Å². The van der Waals surface area contributed by atoms with Crippen molar-refractivity contribution < 1.29 is 8.42 Å². The topological polar surface area (TPSA) is 86.7 Å². The minimum absolute atomic E-state index is 0.287. The molecule has 0 amide bonds. The number of aromatic nitrogens is 1. The van der Waals surface area contributed by atoms with Crippen molar-refractivity contribution in [2.24, 2.45) is 4.99 Å². The maximum atomic E-state index is 13.6. The van der Waals surface area contributed by atoms with E-state index in [-0.39, 0.29) is 6.04 Å². The molecule has 1 saturated heterocycles. The van der Waals surface area contributed by atoms with Gasteiger partial charge in [-0.05, 0) is 56.4 Å². The molecule has 3 aliphatic rings. The van der Waals surface area contributed by atoms with Crippen LogP contribution in [-0.4, -0.2) is 48.2 Å². The van der Waals surface area contributed by atoms with E-state index in [2.05, 4.69) is 15.6 Å². The zero-order chi connectivity index (χ0) is 21.5. The number of aliphatic imine (C=N–C) groups is 1. The molecule has 164 valence electrons. The van der Waals surface area contributed by atoms with Crippen LogP contribution in [0, 0.1) is 6.92 Å². The van der Waals surface area contributed by atoms with E-state index in [0.717, 1.165) is 48.6 Å². The van der Waals surface area contributed by atoms with E-state index in [1.165, 1.54) is 12.8 Å². The van der Waals surface area contributed by atoms with Gasteiger partial charge in [0.25, 0.3) is 0 Å². The Morgan fingerprint density at radius 3 is 2.74 bits per heavy atom. The monoisotopic (exact) mass is 439 g/mol. The lowest BCUT2D eigenvalue weighted by Crippen LogP contribution is -2.62. The fraction of sp³-hybridized carbons (Fsp3) is 0.478. The molecular weight excluding hydrogens is 410 g/mol. The Balaban J connectivity index is 1.53. The normalized spacial score (nSPS) is 25.9. The van der Waals surface area contributed by atoms with E-state index < -0.39 is 15.6 Å². The van der Waals surface area contributed by atoms with Gasteiger partial charge in [-0.1, -0.05) is 31.0 Å². The summed E-state index contributed by atoms with van der Waals surface area (Å²) in [4.78, 5) is 9.94. The lowest BCUT2D eigenvalue weighted by Gasteiger charge is -2.46. The quantitative estimate of drug-likeness (QED) is 0.760. The number of pyridine rings is 1. The van der Waals surface area contributed by atoms with Gasteiger partial charge in [-0.25, -0.2) is 13.4 Å². The highest BCUT2D eigenvalue weighted by molar-refractivity contribution is 7.89. The first-order valence-corrected chi connectivity index (χ1v) is 12.6. The fourth-order valence-corrected chi connectivity index (χ4v) is 6.79. The van der Waals surface area contributed by atoms with Crippen LogP contribution in [0.4, 0.5) is 11.5 Å². The number of amidine groups is 1. The molecule has 0 radical (unpaired) electrons. The molecule has 31 heavy (non-hydrogen) atoms. The lowest BCUT2D eigenvalue weighted by atomic mass is 9.86. The maximum absolute atomic E-state index is 13.6. The van der Waals surface area contributed by atoms with E-state index in [0.29, 0.717) is 18.0 Å². The van der Waals surface area contributed by atoms with Crippen LogP contribution in [0.25, 0.3) is 0 Å². The third kappa shape index (κ3) is 3.72. The molecule has 2 aliphatic heterocycles. The molecule has 2 fully saturated rings. The summed E-state index contributed by atoms with van der Waals surface area (Å²) in [6.07, 6.45) is 7.91. The van der Waals surface area contributed by atoms with Crippen LogP contribution in [0.1, 0.15) is 44.1 Å². The first-order valence-electron chi connectivity index (χ1n) is 11.1. The molecular formula is C23H29N5O2S. The second kappa shape index (κ2) is 7.91. The van der Waals surface area contributed by atoms with Gasteiger partial charge in [-0.3, -0.25) is 4.99 Å². The molecule has 0 bridgehead atoms. The van der Waals surface area contributed by atoms with Crippen molar-refractivity contribution in [1.29, 1.82) is 0 Å². The number of sulfonamides is 1. The highest BCUT2D eigenvalue weighted by atomic mass is 32.2. The van der Waals surface area contributed by atoms with Crippen LogP contribution in [0.15, 0.2) is 52.5 Å². The van der Waals surface area contributed by atoms with Crippen LogP contribution in [-0.2, 0) is 10.0 Å². The van der Waals surface area contributed by atoms with Crippen molar-refractivity contribution in [2.75, 3.05) is 23.7 Å². The molecule has 7 nitrogen and oxygen atoms in total. The van der Waals surface area contributed by atoms with E-state index in [1.54, 1.807) is 22.6 Å². The first-order chi connectivity index (χ1) is 15.0. The third-order valence-corrected chi connectivity index (χ3v) is 8.68. The van der Waals surface area contributed by atoms with E-state index in [9.17, 15) is 8.42 Å². The smallest absolute Gasteiger partial charge is 0.243 e. The summed E-state index contributed by atoms with van der Waals surface area (Å²) >= 11 is 0. The Hall–Kier alpha value is -2.45. The van der Waals surface area contributed by atoms with Crippen molar-refractivity contribution in [2.45, 2.75) is 61.9 Å². The van der Waals surface area contributed by atoms with Gasteiger partial charge in [0.05, 0.1) is 16.6 Å². The van der Waals surface area contributed by atoms with Crippen LogP contribution in [0.3, 0.4) is 0 Å². The van der Waals surface area contributed by atoms with Gasteiger partial charge < -0.3 is 10.6 Å². The van der Waals surface area contributed by atoms with Gasteiger partial charge >= 0.3 is 0 Å². The van der Waals surface area contributed by atoms with Crippen molar-refractivity contribution in [3.8, 4) is 0 Å². The predicted octanol–water partition coefficient (Wildman–Crippen LogP) is 3.79. The summed E-state index contributed by atoms with van der Waals surface area (Å²) in [5.74, 6) is 1.58. The van der Waals surface area contributed by atoms with Crippen molar-refractivity contribution in [3.05, 3.63) is 48.2 Å². The molecule has 0 unspecified atom stereocenters. The predicted molar refractivity (Wildman–Crippen MR) is 123 cm³/mol. The molecule has 1 aromatic heterocycles. The number of anilines is 2. The summed E-state index contributed by atoms with van der Waals surface area (Å²) in [5.41, 5.74) is 1.08. The Labute approximate surface area is 184 Å². The van der Waals surface area contributed by atoms with Crippen LogP contribution >= 0.6 is 0 Å². The number of benzene rings is 1. The van der Waals surface area contributed by atoms with Crippen molar-refractivity contribution in [3.63, 3.8) is 0 Å². The minimum atomic E-state index is -3.60. The molecule has 2 N–H and O–H groups in total. The highest BCUT2D eigenvalue weighted by Gasteiger charge is 2.47. The molecule has 8 heteroatoms. The summed E-state index contributed by atoms with van der Waals surface area (Å²) in [5, 5.41) is 7.11. The van der Waals surface area contributed by atoms with Gasteiger partial charge in [0.2, 0.25) is 10.0 Å². The molecule has 1 spiro atoms. The van der Waals surface area contributed by atoms with Crippen LogP contribution < -0.4 is 10.6 Å². The third-order valence-electron chi connectivity index (χ3n) is 6.68. The second-order valence-electron chi connectivity index (χ2n) is 8.86. The summed E-state index contributed by atoms with van der Waals surface area (Å²) in [7, 11) is -3.60. The second-order valence-corrected chi connectivity index (χ2v) is 10.8. The van der Waals surface area contributed by atoms with Crippen molar-refractivity contribution >= 4 is 27.4 Å². The average molecular weight is 440 g/mol. The standard InChI is InChI=1S/C23H29N5O2S/c1-17-8-2-5-12-20(17)31(29,30)28-15-7-13-23(16-28)22(25-18-9-3-4-10-18)26-21-19(27-23)11-6-14-24-21/h2,5-6,8,11-12,14,18,27H,3-4,7,9-10,13,15-16H2,1H3,(H,24,25,26)/t23-/m1/s1. The first kappa shape index (κ1) is 20.5. The van der Waals surface area contributed by atoms with Gasteiger partial charge in [0.1, 0.15) is 11.4 Å². The SMILES string of the molecule is Cc1ccccc1S(=O)(=O)N1CCC[C@]2(C1)Nc1cccnc1NC2=NC1CCCC1. The summed E-state index contributed by atoms with van der Waals surface area (Å²) in [6.45, 7) is 2.70. The highest BCUT2D eigenvalue weighted by Crippen LogP contribution is 2.37. The Bertz CT molecular complexity index is 1110. The zero-order valence-electron chi connectivity index (χ0n) is 17.8. The number of nitrogens with one attached hydrogen (secondary N) is 2. The van der Waals surface area contributed by atoms with Gasteiger partial charge in [0, 0.05) is 19.3 Å². The summed E-state index contributed by atoms with van der Waals surface area (Å²) < 4.78 is 28.7. The molecule has 1 saturated carbocycles. The molecule has 5 rings (SSSR count). The van der Waals surface area contributed by atoms with Gasteiger partial charge in [-0.15, -0.1) is 0 Å². The van der Waals surface area contributed by atoms with Gasteiger partial charge in [-0.2, -0.15) is 4.31 Å². The number of piperidine rings is 1. The molecule has 1 aliphatic carbocycles. The zero-order valence-corrected chi connectivity index (χ0v) is 18.7. The van der Waals surface area contributed by atoms with E-state index >= 15 is 0 Å². The number of hydrogen-bond acceptors (Lipinski definition) is 5. The number of nitrogens with zero attached hydrogens (tertiary/aromatic N) is 3. The Morgan fingerprint density at radius 2 is 1.94 bits per heavy atom. The Morgan fingerprint density at radius 1 is 1.13 bits per heavy atom. The van der Waals surface area contributed by atoms with Crippen molar-refractivity contribution in [1.82, 2.24) is 9.29 Å². The molecule has 2 aromatic rings. The van der Waals surface area contributed by atoms with Crippen LogP contribution in [0.2, 0.25) is 0 Å². The van der Waals surface area contributed by atoms with Crippen LogP contribution in [0.5, 0.6) is 0 Å².